The highest BCUT2D eigenvalue weighted by molar-refractivity contribution is 7.18. The van der Waals surface area contributed by atoms with E-state index in [0.717, 1.165) is 40.9 Å². The van der Waals surface area contributed by atoms with Crippen LogP contribution in [-0.2, 0) is 27.2 Å². The smallest absolute Gasteiger partial charge is 0.247 e. The van der Waals surface area contributed by atoms with Crippen LogP contribution < -0.4 is 16.0 Å². The molecular weight excluding hydrogens is 510 g/mol. The van der Waals surface area contributed by atoms with Gasteiger partial charge in [0.25, 0.3) is 0 Å². The van der Waals surface area contributed by atoms with Crippen LogP contribution in [0.5, 0.6) is 0 Å². The Balaban J connectivity index is 1.73. The molecule has 2 atom stereocenters. The molecule has 3 amide bonds. The number of hydrogen-bond acceptors (Lipinski definition) is 6. The normalized spacial score (nSPS) is 15.6. The van der Waals surface area contributed by atoms with Crippen molar-refractivity contribution in [3.63, 3.8) is 0 Å². The molecule has 39 heavy (non-hydrogen) atoms. The highest BCUT2D eigenvalue weighted by Gasteiger charge is 2.27. The average Bonchev–Trinajstić information content (AvgIpc) is 3.32. The van der Waals surface area contributed by atoms with Gasteiger partial charge in [-0.1, -0.05) is 58.6 Å². The fourth-order valence-corrected chi connectivity index (χ4v) is 6.20. The zero-order valence-corrected chi connectivity index (χ0v) is 24.8. The lowest BCUT2D eigenvalue weighted by Gasteiger charge is -2.29. The molecule has 1 aliphatic carbocycles. The van der Waals surface area contributed by atoms with Crippen LogP contribution in [-0.4, -0.2) is 66.9 Å². The van der Waals surface area contributed by atoms with Gasteiger partial charge in [0.05, 0.1) is 15.2 Å². The summed E-state index contributed by atoms with van der Waals surface area (Å²) in [7, 11) is 3.78. The molecule has 0 unspecified atom stereocenters. The maximum atomic E-state index is 13.6. The molecular formula is C30H45N5O3S. The summed E-state index contributed by atoms with van der Waals surface area (Å²) in [6.07, 6.45) is 8.27. The Hall–Kier alpha value is -2.78. The number of likely N-dealkylation sites (N-methyl/N-ethyl adjacent to an activating group) is 1. The van der Waals surface area contributed by atoms with Gasteiger partial charge in [-0.25, -0.2) is 4.98 Å². The number of aryl methyl sites for hydroxylation is 1. The zero-order valence-electron chi connectivity index (χ0n) is 24.0. The van der Waals surface area contributed by atoms with Crippen molar-refractivity contribution >= 4 is 39.3 Å². The predicted molar refractivity (Wildman–Crippen MR) is 159 cm³/mol. The second-order valence-electron chi connectivity index (χ2n) is 10.9. The molecule has 0 bridgehead atoms. The summed E-state index contributed by atoms with van der Waals surface area (Å²) in [5, 5.41) is 9.86. The van der Waals surface area contributed by atoms with E-state index in [2.05, 4.69) is 41.6 Å². The topological polar surface area (TPSA) is 103 Å². The molecule has 3 N–H and O–H groups in total. The predicted octanol–water partition coefficient (Wildman–Crippen LogP) is 3.99. The Morgan fingerprint density at radius 3 is 2.54 bits per heavy atom. The summed E-state index contributed by atoms with van der Waals surface area (Å²) in [5.74, 6) is -0.121. The Bertz CT molecular complexity index is 1140. The minimum Gasteiger partial charge on any atom is -0.350 e. The fourth-order valence-electron chi connectivity index (χ4n) is 5.12. The molecule has 1 saturated carbocycles. The van der Waals surface area contributed by atoms with Gasteiger partial charge >= 0.3 is 0 Å². The van der Waals surface area contributed by atoms with E-state index < -0.39 is 6.04 Å². The molecule has 1 aliphatic rings. The number of thiazole rings is 1. The van der Waals surface area contributed by atoms with Crippen molar-refractivity contribution in [2.24, 2.45) is 5.92 Å². The van der Waals surface area contributed by atoms with Gasteiger partial charge in [0.1, 0.15) is 6.04 Å². The van der Waals surface area contributed by atoms with Crippen LogP contribution in [0.15, 0.2) is 30.4 Å². The number of carbonyl (C=O) groups is 3. The summed E-state index contributed by atoms with van der Waals surface area (Å²) in [5.41, 5.74) is 2.63. The minimum atomic E-state index is -0.739. The van der Waals surface area contributed by atoms with E-state index in [1.807, 2.05) is 25.1 Å². The number of nitrogens with one attached hydrogen (secondary N) is 3. The number of aromatic nitrogens is 1. The Morgan fingerprint density at radius 1 is 1.13 bits per heavy atom. The van der Waals surface area contributed by atoms with E-state index in [-0.39, 0.29) is 23.8 Å². The monoisotopic (exact) mass is 555 g/mol. The first-order chi connectivity index (χ1) is 18.7. The van der Waals surface area contributed by atoms with E-state index >= 15 is 0 Å². The van der Waals surface area contributed by atoms with E-state index in [0.29, 0.717) is 37.4 Å². The first-order valence-electron chi connectivity index (χ1n) is 14.3. The van der Waals surface area contributed by atoms with Crippen LogP contribution in [0.1, 0.15) is 69.4 Å². The molecule has 214 valence electrons. The third kappa shape index (κ3) is 9.72. The lowest BCUT2D eigenvalue weighted by molar-refractivity contribution is -0.129. The number of rotatable bonds is 14. The molecule has 0 spiro atoms. The highest BCUT2D eigenvalue weighted by Crippen LogP contribution is 2.28. The van der Waals surface area contributed by atoms with Crippen LogP contribution in [0.2, 0.25) is 0 Å². The summed E-state index contributed by atoms with van der Waals surface area (Å²) in [6.45, 7) is 8.59. The van der Waals surface area contributed by atoms with Crippen molar-refractivity contribution in [3.8, 4) is 0 Å². The van der Waals surface area contributed by atoms with Crippen molar-refractivity contribution in [3.05, 3.63) is 40.9 Å². The molecule has 9 heteroatoms. The van der Waals surface area contributed by atoms with E-state index in [1.54, 1.807) is 18.3 Å². The molecule has 0 aliphatic heterocycles. The minimum absolute atomic E-state index is 0.179. The van der Waals surface area contributed by atoms with Crippen LogP contribution in [0.25, 0.3) is 10.2 Å². The van der Waals surface area contributed by atoms with E-state index in [1.165, 1.54) is 24.8 Å². The van der Waals surface area contributed by atoms with Crippen molar-refractivity contribution < 1.29 is 14.4 Å². The van der Waals surface area contributed by atoms with Gasteiger partial charge in [-0.05, 0) is 50.6 Å². The molecule has 2 aromatic rings. The Kier molecular flexibility index (Phi) is 11.9. The summed E-state index contributed by atoms with van der Waals surface area (Å²) >= 11 is 1.56. The molecule has 0 radical (unpaired) electrons. The number of benzene rings is 1. The zero-order chi connectivity index (χ0) is 28.4. The van der Waals surface area contributed by atoms with Crippen molar-refractivity contribution in [2.75, 3.05) is 27.2 Å². The molecule has 1 fully saturated rings. The van der Waals surface area contributed by atoms with Gasteiger partial charge in [-0.2, -0.15) is 0 Å². The van der Waals surface area contributed by atoms with Crippen LogP contribution in [0.3, 0.4) is 0 Å². The second kappa shape index (κ2) is 15.1. The van der Waals surface area contributed by atoms with Gasteiger partial charge < -0.3 is 20.9 Å². The molecule has 1 aromatic carbocycles. The fraction of sp³-hybridized carbons (Fsp3) is 0.600. The molecule has 8 nitrogen and oxygen atoms in total. The number of hydrogen-bond donors (Lipinski definition) is 3. The lowest BCUT2D eigenvalue weighted by atomic mass is 9.84. The SMILES string of the molecule is C=C(CN(C)C)C(=O)NC[C@H](CC1CCCCC1)NC(=O)[C@H](Cc1nc2ccc(CC)cc2s1)NC(=O)CC. The third-order valence-electron chi connectivity index (χ3n) is 7.28. The highest BCUT2D eigenvalue weighted by atomic mass is 32.1. The van der Waals surface area contributed by atoms with Crippen molar-refractivity contribution in [2.45, 2.75) is 83.7 Å². The summed E-state index contributed by atoms with van der Waals surface area (Å²) in [6, 6.07) is 5.26. The van der Waals surface area contributed by atoms with Crippen LogP contribution in [0.4, 0.5) is 0 Å². The number of carbonyl (C=O) groups excluding carboxylic acids is 3. The summed E-state index contributed by atoms with van der Waals surface area (Å²) in [4.78, 5) is 45.2. The van der Waals surface area contributed by atoms with E-state index in [4.69, 9.17) is 4.98 Å². The van der Waals surface area contributed by atoms with Gasteiger partial charge in [-0.3, -0.25) is 14.4 Å². The van der Waals surface area contributed by atoms with Crippen molar-refractivity contribution in [1.29, 1.82) is 0 Å². The maximum Gasteiger partial charge on any atom is 0.247 e. The van der Waals surface area contributed by atoms with Crippen LogP contribution >= 0.6 is 11.3 Å². The molecule has 1 heterocycles. The van der Waals surface area contributed by atoms with Crippen LogP contribution in [0, 0.1) is 5.92 Å². The first-order valence-corrected chi connectivity index (χ1v) is 15.1. The molecule has 3 rings (SSSR count). The molecule has 0 saturated heterocycles. The van der Waals surface area contributed by atoms with Gasteiger partial charge in [0.2, 0.25) is 17.7 Å². The lowest BCUT2D eigenvalue weighted by Crippen LogP contribution is -2.53. The van der Waals surface area contributed by atoms with Gasteiger partial charge in [0, 0.05) is 37.5 Å². The Labute approximate surface area is 237 Å². The standard InChI is InChI=1S/C30H45N5O3S/c1-6-21-13-14-24-26(16-21)39-28(34-24)17-25(33-27(36)7-2)30(38)32-23(15-22-11-9-8-10-12-22)18-31-29(37)20(3)19-35(4)5/h13-14,16,22-23,25H,3,6-12,15,17-19H2,1-2,4-5H3,(H,31,37)(H,32,38)(H,33,36)/t23-,25-/m0/s1. The number of nitrogens with zero attached hydrogens (tertiary/aromatic N) is 2. The first kappa shape index (κ1) is 30.8. The summed E-state index contributed by atoms with van der Waals surface area (Å²) < 4.78 is 1.08. The van der Waals surface area contributed by atoms with Gasteiger partial charge in [0.15, 0.2) is 0 Å². The van der Waals surface area contributed by atoms with Crippen molar-refractivity contribution in [1.82, 2.24) is 25.8 Å². The largest absolute Gasteiger partial charge is 0.350 e. The average molecular weight is 556 g/mol. The molecule has 1 aromatic heterocycles. The third-order valence-corrected chi connectivity index (χ3v) is 8.32. The second-order valence-corrected chi connectivity index (χ2v) is 12.1. The number of amides is 3. The maximum absolute atomic E-state index is 13.6. The Morgan fingerprint density at radius 2 is 1.87 bits per heavy atom. The van der Waals surface area contributed by atoms with Gasteiger partial charge in [-0.15, -0.1) is 11.3 Å². The quantitative estimate of drug-likeness (QED) is 0.306. The van der Waals surface area contributed by atoms with E-state index in [9.17, 15) is 14.4 Å². The number of fused-ring (bicyclic) bond motifs is 1.